The minimum absolute atomic E-state index is 0.271. The highest BCUT2D eigenvalue weighted by Gasteiger charge is 2.65. The Hall–Kier alpha value is -9.75. The van der Waals surface area contributed by atoms with Crippen LogP contribution >= 0.6 is 0 Å². The van der Waals surface area contributed by atoms with Crippen molar-refractivity contribution < 1.29 is 149 Å². The van der Waals surface area contributed by atoms with Gasteiger partial charge >= 0.3 is 29.8 Å². The summed E-state index contributed by atoms with van der Waals surface area (Å²) in [7, 11) is 0. The number of carbonyl (C=O) groups is 5. The average molecular weight is 1070 g/mol. The lowest BCUT2D eigenvalue weighted by Gasteiger charge is -2.51. The van der Waals surface area contributed by atoms with E-state index in [4.69, 9.17) is 28.4 Å². The number of hydrogen-bond donors (Lipinski definition) is 19. The van der Waals surface area contributed by atoms with Gasteiger partial charge in [0.2, 0.25) is 34.5 Å². The van der Waals surface area contributed by atoms with E-state index in [1.54, 1.807) is 0 Å². The number of aromatic hydroxyl groups is 15. The first-order valence-corrected chi connectivity index (χ1v) is 21.5. The fourth-order valence-electron chi connectivity index (χ4n) is 9.99. The molecule has 398 valence electrons. The standard InChI is InChI=1S/C46H34O30/c47-9-1-6-14(28(55)24(9)51)15-7(2-10(48)25(52)29(15)56)43(67)74-37-13(5-71-41(6)65)73-42(66)8-3-11(49)26(53)30(57)16(8)17-20-18(32(59)35(62)31(17)58)19-21-22(34(61)36(63)33(19)60)23(38(75-45(21)69)39(37)76-44(20)68)46(70)40(64)27(54)12(50)4-72-46/h1-3,12-13,23,27,37-40,47-64,70H,4-5H2/t12-,13-,23+,27-,37+,38+,39?,40-,46+/m1/s1. The summed E-state index contributed by atoms with van der Waals surface area (Å²) in [5, 5.41) is 214. The van der Waals surface area contributed by atoms with Gasteiger partial charge in [0.05, 0.1) is 40.3 Å². The van der Waals surface area contributed by atoms with Crippen LogP contribution in [0, 0.1) is 0 Å². The Balaban J connectivity index is 1.39. The third-order valence-electron chi connectivity index (χ3n) is 13.6. The lowest BCUT2D eigenvalue weighted by Crippen LogP contribution is -2.68. The van der Waals surface area contributed by atoms with E-state index in [0.29, 0.717) is 6.07 Å². The van der Waals surface area contributed by atoms with Gasteiger partial charge in [-0.05, 0) is 18.2 Å². The first-order chi connectivity index (χ1) is 35.7. The van der Waals surface area contributed by atoms with Gasteiger partial charge in [0.15, 0.2) is 81.9 Å². The molecule has 19 N–H and O–H groups in total. The van der Waals surface area contributed by atoms with Gasteiger partial charge in [-0.25, -0.2) is 24.0 Å². The van der Waals surface area contributed by atoms with Crippen LogP contribution in [0.4, 0.5) is 0 Å². The van der Waals surface area contributed by atoms with E-state index in [-0.39, 0.29) is 12.1 Å². The SMILES string of the molecule is O=C1OC[C@H]2OC(=O)c3cc(O)c(O)c(O)c3-c3c(O)c(O)c(O)c4c3C(=O)OC([C@H]2OC(=O)c2cc(O)c(O)c(O)c2-c2c1cc(O)c(O)c2O)[C@H]1OC(=O)c2c-4c(O)c(O)c(O)c2[C@@H]1[C@]1(O)OC[C@@H](O)[C@@H](O)[C@H]1O. The quantitative estimate of drug-likeness (QED) is 0.0553. The average Bonchev–Trinajstić information content (AvgIpc) is 3.53. The molecule has 6 bridgehead atoms. The van der Waals surface area contributed by atoms with Gasteiger partial charge in [-0.15, -0.1) is 0 Å². The Morgan fingerprint density at radius 2 is 0.789 bits per heavy atom. The largest absolute Gasteiger partial charge is 0.504 e. The van der Waals surface area contributed by atoms with Gasteiger partial charge in [-0.1, -0.05) is 0 Å². The van der Waals surface area contributed by atoms with Crippen molar-refractivity contribution in [1.82, 2.24) is 0 Å². The maximum Gasteiger partial charge on any atom is 0.340 e. The molecule has 0 amide bonds. The highest BCUT2D eigenvalue weighted by atomic mass is 16.7. The van der Waals surface area contributed by atoms with Gasteiger partial charge in [-0.2, -0.15) is 0 Å². The lowest BCUT2D eigenvalue weighted by molar-refractivity contribution is -0.341. The molecule has 6 aliphatic rings. The van der Waals surface area contributed by atoms with Gasteiger partial charge in [0.1, 0.15) is 24.9 Å². The molecule has 30 heteroatoms. The third kappa shape index (κ3) is 6.61. The van der Waals surface area contributed by atoms with E-state index < -0.39 is 250 Å². The molecule has 1 unspecified atom stereocenters. The van der Waals surface area contributed by atoms with Crippen molar-refractivity contribution >= 4 is 29.8 Å². The van der Waals surface area contributed by atoms with Crippen molar-refractivity contribution in [2.45, 2.75) is 54.4 Å². The third-order valence-corrected chi connectivity index (χ3v) is 13.6. The van der Waals surface area contributed by atoms with E-state index in [2.05, 4.69) is 0 Å². The Labute approximate surface area is 417 Å². The van der Waals surface area contributed by atoms with Crippen LogP contribution in [-0.4, -0.2) is 189 Å². The van der Waals surface area contributed by atoms with E-state index in [1.165, 1.54) is 0 Å². The lowest BCUT2D eigenvalue weighted by atomic mass is 9.71. The minimum Gasteiger partial charge on any atom is -0.504 e. The summed E-state index contributed by atoms with van der Waals surface area (Å²) in [6.07, 6.45) is -19.3. The first-order valence-electron chi connectivity index (χ1n) is 21.5. The number of rotatable bonds is 1. The second-order valence-corrected chi connectivity index (χ2v) is 17.6. The predicted octanol–water partition coefficient (Wildman–Crippen LogP) is -0.830. The molecular weight excluding hydrogens is 1030 g/mol. The van der Waals surface area contributed by atoms with E-state index in [1.807, 2.05) is 0 Å². The maximum absolute atomic E-state index is 15.5. The molecular formula is C46H34O30. The number of aliphatic hydroxyl groups is 4. The van der Waals surface area contributed by atoms with Crippen molar-refractivity contribution in [3.8, 4) is 120 Å². The Bertz CT molecular complexity index is 3510. The molecule has 1 saturated heterocycles. The van der Waals surface area contributed by atoms with Gasteiger partial charge in [0, 0.05) is 38.9 Å². The molecule has 76 heavy (non-hydrogen) atoms. The zero-order chi connectivity index (χ0) is 55.4. The molecule has 9 atom stereocenters. The molecule has 0 saturated carbocycles. The van der Waals surface area contributed by atoms with Crippen LogP contribution in [-0.2, 0) is 28.4 Å². The number of cyclic esters (lactones) is 1. The van der Waals surface area contributed by atoms with Gasteiger partial charge in [0.25, 0.3) is 0 Å². The second kappa shape index (κ2) is 16.6. The fourth-order valence-corrected chi connectivity index (χ4v) is 9.99. The number of esters is 5. The molecule has 5 aromatic carbocycles. The van der Waals surface area contributed by atoms with Crippen LogP contribution in [0.2, 0.25) is 0 Å². The summed E-state index contributed by atoms with van der Waals surface area (Å²) >= 11 is 0. The topological polar surface area (TPSA) is 525 Å². The number of ether oxygens (including phenoxy) is 6. The summed E-state index contributed by atoms with van der Waals surface area (Å²) < 4.78 is 34.0. The van der Waals surface area contributed by atoms with Crippen LogP contribution in [0.25, 0.3) is 33.4 Å². The predicted molar refractivity (Wildman–Crippen MR) is 233 cm³/mol. The minimum atomic E-state index is -3.72. The fraction of sp³-hybridized carbons (Fsp3) is 0.239. The van der Waals surface area contributed by atoms with Gasteiger partial charge < -0.3 is 125 Å². The first kappa shape index (κ1) is 49.8. The molecule has 11 rings (SSSR count). The molecule has 0 radical (unpaired) electrons. The summed E-state index contributed by atoms with van der Waals surface area (Å²) in [4.78, 5) is 74.4. The van der Waals surface area contributed by atoms with Crippen molar-refractivity contribution in [3.63, 3.8) is 0 Å². The highest BCUT2D eigenvalue weighted by Crippen LogP contribution is 2.63. The van der Waals surface area contributed by atoms with E-state index in [9.17, 15) is 111 Å². The molecule has 0 aliphatic carbocycles. The number of phenols is 15. The molecule has 6 heterocycles. The number of hydrogen-bond acceptors (Lipinski definition) is 30. The Kier molecular flexibility index (Phi) is 10.9. The Morgan fingerprint density at radius 1 is 0.395 bits per heavy atom. The van der Waals surface area contributed by atoms with Crippen LogP contribution in [0.15, 0.2) is 18.2 Å². The molecule has 0 spiro atoms. The van der Waals surface area contributed by atoms with Crippen LogP contribution in [0.3, 0.4) is 0 Å². The number of aliphatic hydroxyl groups excluding tert-OH is 3. The maximum atomic E-state index is 15.5. The number of phenolic OH excluding ortho intramolecular Hbond substituents is 15. The second-order valence-electron chi connectivity index (χ2n) is 17.6. The van der Waals surface area contributed by atoms with E-state index in [0.717, 1.165) is 0 Å². The van der Waals surface area contributed by atoms with E-state index >= 15 is 9.59 Å². The smallest absolute Gasteiger partial charge is 0.340 e. The molecule has 5 aromatic rings. The molecule has 30 nitrogen and oxygen atoms in total. The number of fused-ring (bicyclic) bond motifs is 7. The molecule has 1 fully saturated rings. The molecule has 0 aromatic heterocycles. The number of benzene rings is 5. The van der Waals surface area contributed by atoms with Gasteiger partial charge in [-0.3, -0.25) is 0 Å². The normalized spacial score (nSPS) is 25.7. The summed E-state index contributed by atoms with van der Waals surface area (Å²) in [5.74, 6) is -40.7. The monoisotopic (exact) mass is 1070 g/mol. The van der Waals surface area contributed by atoms with Crippen molar-refractivity contribution in [3.05, 3.63) is 51.6 Å². The van der Waals surface area contributed by atoms with Crippen LogP contribution in [0.1, 0.15) is 63.3 Å². The Morgan fingerprint density at radius 3 is 1.32 bits per heavy atom. The van der Waals surface area contributed by atoms with Crippen LogP contribution < -0.4 is 0 Å². The molecule has 6 aliphatic heterocycles. The zero-order valence-corrected chi connectivity index (χ0v) is 37.3. The van der Waals surface area contributed by atoms with Crippen molar-refractivity contribution in [2.75, 3.05) is 13.2 Å². The summed E-state index contributed by atoms with van der Waals surface area (Å²) in [5.41, 5.74) is -16.3. The van der Waals surface area contributed by atoms with Crippen LogP contribution in [0.5, 0.6) is 86.2 Å². The van der Waals surface area contributed by atoms with Crippen molar-refractivity contribution in [1.29, 1.82) is 0 Å². The summed E-state index contributed by atoms with van der Waals surface area (Å²) in [6.45, 7) is -2.84. The van der Waals surface area contributed by atoms with Crippen molar-refractivity contribution in [2.24, 2.45) is 0 Å². The number of carbonyl (C=O) groups excluding carboxylic acids is 5. The summed E-state index contributed by atoms with van der Waals surface area (Å²) in [6, 6.07) is 0.916. The zero-order valence-electron chi connectivity index (χ0n) is 37.3. The highest BCUT2D eigenvalue weighted by molar-refractivity contribution is 6.16.